The highest BCUT2D eigenvalue weighted by atomic mass is 35.5. The standard InChI is InChI=1S/C13H12ClFN2O2/c1-3-17-12(10(19-2)7-16-17)13(18)8-5-4-6-9(15)11(8)14/h4-7H,3H2,1-2H3. The second kappa shape index (κ2) is 5.40. The molecule has 0 amide bonds. The lowest BCUT2D eigenvalue weighted by molar-refractivity contribution is 0.102. The summed E-state index contributed by atoms with van der Waals surface area (Å²) < 4.78 is 20.0. The number of ether oxygens (including phenoxy) is 1. The molecule has 0 bridgehead atoms. The number of carbonyl (C=O) groups excluding carboxylic acids is 1. The molecule has 0 saturated carbocycles. The number of benzene rings is 1. The van der Waals surface area contributed by atoms with E-state index in [1.807, 2.05) is 6.92 Å². The molecule has 0 saturated heterocycles. The summed E-state index contributed by atoms with van der Waals surface area (Å²) in [6.07, 6.45) is 1.45. The molecule has 0 aliphatic heterocycles. The SMILES string of the molecule is CCn1ncc(OC)c1C(=O)c1cccc(F)c1Cl. The fourth-order valence-electron chi connectivity index (χ4n) is 1.79. The van der Waals surface area contributed by atoms with Gasteiger partial charge in [-0.05, 0) is 19.1 Å². The number of rotatable bonds is 4. The maximum atomic E-state index is 13.4. The predicted molar refractivity (Wildman–Crippen MR) is 69.3 cm³/mol. The van der Waals surface area contributed by atoms with Crippen LogP contribution < -0.4 is 4.74 Å². The molecule has 0 aliphatic rings. The van der Waals surface area contributed by atoms with Crippen molar-refractivity contribution in [1.29, 1.82) is 0 Å². The molecule has 4 nitrogen and oxygen atoms in total. The number of hydrogen-bond donors (Lipinski definition) is 0. The van der Waals surface area contributed by atoms with E-state index in [-0.39, 0.29) is 16.3 Å². The van der Waals surface area contributed by atoms with E-state index in [0.717, 1.165) is 0 Å². The molecule has 2 aromatic rings. The van der Waals surface area contributed by atoms with Gasteiger partial charge in [0.05, 0.1) is 18.3 Å². The number of methoxy groups -OCH3 is 1. The van der Waals surface area contributed by atoms with Gasteiger partial charge in [-0.2, -0.15) is 5.10 Å². The molecule has 0 radical (unpaired) electrons. The molecule has 1 aromatic carbocycles. The van der Waals surface area contributed by atoms with Crippen molar-refractivity contribution in [3.05, 3.63) is 46.5 Å². The highest BCUT2D eigenvalue weighted by Gasteiger charge is 2.23. The number of aromatic nitrogens is 2. The molecule has 0 N–H and O–H groups in total. The first kappa shape index (κ1) is 13.5. The van der Waals surface area contributed by atoms with Gasteiger partial charge in [-0.1, -0.05) is 17.7 Å². The van der Waals surface area contributed by atoms with Gasteiger partial charge in [-0.25, -0.2) is 4.39 Å². The molecule has 1 heterocycles. The number of halogens is 2. The van der Waals surface area contributed by atoms with Crippen molar-refractivity contribution in [2.45, 2.75) is 13.5 Å². The van der Waals surface area contributed by atoms with Gasteiger partial charge in [-0.15, -0.1) is 0 Å². The molecule has 0 atom stereocenters. The summed E-state index contributed by atoms with van der Waals surface area (Å²) in [7, 11) is 1.45. The van der Waals surface area contributed by atoms with Crippen LogP contribution in [0.4, 0.5) is 4.39 Å². The maximum absolute atomic E-state index is 13.4. The monoisotopic (exact) mass is 282 g/mol. The van der Waals surface area contributed by atoms with Crippen LogP contribution in [-0.4, -0.2) is 22.7 Å². The normalized spacial score (nSPS) is 10.5. The van der Waals surface area contributed by atoms with E-state index in [1.54, 1.807) is 0 Å². The van der Waals surface area contributed by atoms with Crippen LogP contribution in [0, 0.1) is 5.82 Å². The lowest BCUT2D eigenvalue weighted by atomic mass is 10.1. The van der Waals surface area contributed by atoms with Gasteiger partial charge < -0.3 is 4.74 Å². The van der Waals surface area contributed by atoms with Crippen LogP contribution in [0.5, 0.6) is 5.75 Å². The molecular formula is C13H12ClFN2O2. The second-order valence-electron chi connectivity index (χ2n) is 3.81. The van der Waals surface area contributed by atoms with Gasteiger partial charge in [0.25, 0.3) is 0 Å². The first-order chi connectivity index (χ1) is 9.10. The topological polar surface area (TPSA) is 44.1 Å². The summed E-state index contributed by atoms with van der Waals surface area (Å²) in [5, 5.41) is 3.84. The Labute approximate surface area is 114 Å². The van der Waals surface area contributed by atoms with Gasteiger partial charge in [0, 0.05) is 12.1 Å². The van der Waals surface area contributed by atoms with Crippen LogP contribution >= 0.6 is 11.6 Å². The van der Waals surface area contributed by atoms with Gasteiger partial charge in [0.15, 0.2) is 11.4 Å². The van der Waals surface area contributed by atoms with Crippen molar-refractivity contribution < 1.29 is 13.9 Å². The fraction of sp³-hybridized carbons (Fsp3) is 0.231. The van der Waals surface area contributed by atoms with Crippen molar-refractivity contribution in [2.75, 3.05) is 7.11 Å². The second-order valence-corrected chi connectivity index (χ2v) is 4.19. The molecule has 0 fully saturated rings. The molecule has 0 aliphatic carbocycles. The Hall–Kier alpha value is -1.88. The Balaban J connectivity index is 2.55. The Morgan fingerprint density at radius 1 is 1.53 bits per heavy atom. The lowest BCUT2D eigenvalue weighted by Gasteiger charge is -2.08. The Morgan fingerprint density at radius 2 is 2.26 bits per heavy atom. The number of ketones is 1. The van der Waals surface area contributed by atoms with E-state index in [9.17, 15) is 9.18 Å². The minimum absolute atomic E-state index is 0.0927. The number of nitrogens with zero attached hydrogens (tertiary/aromatic N) is 2. The quantitative estimate of drug-likeness (QED) is 0.810. The van der Waals surface area contributed by atoms with E-state index < -0.39 is 11.6 Å². The molecule has 0 spiro atoms. The summed E-state index contributed by atoms with van der Waals surface area (Å²) in [6, 6.07) is 4.11. The van der Waals surface area contributed by atoms with Crippen molar-refractivity contribution in [3.63, 3.8) is 0 Å². The molecule has 2 rings (SSSR count). The van der Waals surface area contributed by atoms with Gasteiger partial charge in [0.1, 0.15) is 5.82 Å². The van der Waals surface area contributed by atoms with Crippen LogP contribution in [0.1, 0.15) is 23.0 Å². The summed E-state index contributed by atoms with van der Waals surface area (Å²) in [5.74, 6) is -0.707. The first-order valence-corrected chi connectivity index (χ1v) is 6.06. The summed E-state index contributed by atoms with van der Waals surface area (Å²) in [6.45, 7) is 2.34. The fourth-order valence-corrected chi connectivity index (χ4v) is 2.00. The van der Waals surface area contributed by atoms with Crippen LogP contribution in [0.15, 0.2) is 24.4 Å². The van der Waals surface area contributed by atoms with Crippen LogP contribution in [-0.2, 0) is 6.54 Å². The largest absolute Gasteiger partial charge is 0.493 e. The van der Waals surface area contributed by atoms with Gasteiger partial charge in [-0.3, -0.25) is 9.48 Å². The zero-order valence-electron chi connectivity index (χ0n) is 10.5. The zero-order valence-corrected chi connectivity index (χ0v) is 11.2. The molecular weight excluding hydrogens is 271 g/mol. The van der Waals surface area contributed by atoms with Crippen LogP contribution in [0.2, 0.25) is 5.02 Å². The van der Waals surface area contributed by atoms with E-state index >= 15 is 0 Å². The summed E-state index contributed by atoms with van der Waals surface area (Å²) in [5.41, 5.74) is 0.354. The zero-order chi connectivity index (χ0) is 14.0. The number of carbonyl (C=O) groups is 1. The minimum atomic E-state index is -0.631. The summed E-state index contributed by atoms with van der Waals surface area (Å²) in [4.78, 5) is 12.4. The Bertz CT molecular complexity index is 604. The highest BCUT2D eigenvalue weighted by molar-refractivity contribution is 6.35. The number of hydrogen-bond acceptors (Lipinski definition) is 3. The van der Waals surface area contributed by atoms with Crippen molar-refractivity contribution in [3.8, 4) is 5.75 Å². The third kappa shape index (κ3) is 2.33. The van der Waals surface area contributed by atoms with Crippen molar-refractivity contribution >= 4 is 17.4 Å². The predicted octanol–water partition coefficient (Wildman–Crippen LogP) is 2.94. The smallest absolute Gasteiger partial charge is 0.216 e. The summed E-state index contributed by atoms with van der Waals surface area (Å²) >= 11 is 5.83. The molecule has 100 valence electrons. The van der Waals surface area contributed by atoms with Crippen molar-refractivity contribution in [2.24, 2.45) is 0 Å². The van der Waals surface area contributed by atoms with E-state index in [2.05, 4.69) is 5.10 Å². The highest BCUT2D eigenvalue weighted by Crippen LogP contribution is 2.26. The molecule has 1 aromatic heterocycles. The third-order valence-electron chi connectivity index (χ3n) is 2.74. The third-order valence-corrected chi connectivity index (χ3v) is 3.12. The average molecular weight is 283 g/mol. The molecule has 0 unspecified atom stereocenters. The lowest BCUT2D eigenvalue weighted by Crippen LogP contribution is -2.12. The van der Waals surface area contributed by atoms with E-state index in [0.29, 0.717) is 12.3 Å². The van der Waals surface area contributed by atoms with Crippen LogP contribution in [0.3, 0.4) is 0 Å². The number of aryl methyl sites for hydroxylation is 1. The maximum Gasteiger partial charge on any atom is 0.216 e. The van der Waals surface area contributed by atoms with Gasteiger partial charge in [0.2, 0.25) is 5.78 Å². The molecule has 6 heteroatoms. The average Bonchev–Trinajstić information content (AvgIpc) is 2.84. The first-order valence-electron chi connectivity index (χ1n) is 5.68. The van der Waals surface area contributed by atoms with Crippen LogP contribution in [0.25, 0.3) is 0 Å². The van der Waals surface area contributed by atoms with Crippen molar-refractivity contribution in [1.82, 2.24) is 9.78 Å². The Kier molecular flexibility index (Phi) is 3.85. The van der Waals surface area contributed by atoms with E-state index in [4.69, 9.17) is 16.3 Å². The molecule has 19 heavy (non-hydrogen) atoms. The van der Waals surface area contributed by atoms with Gasteiger partial charge >= 0.3 is 0 Å². The Morgan fingerprint density at radius 3 is 2.89 bits per heavy atom. The minimum Gasteiger partial charge on any atom is -0.493 e. The van der Waals surface area contributed by atoms with E-state index in [1.165, 1.54) is 36.2 Å².